The zero-order valence-corrected chi connectivity index (χ0v) is 21.0. The first-order valence-corrected chi connectivity index (χ1v) is 13.2. The van der Waals surface area contributed by atoms with Gasteiger partial charge >= 0.3 is 5.97 Å². The number of hydrogen-bond donors (Lipinski definition) is 2. The number of unbranched alkanes of at least 4 members (excludes halogenated alkanes) is 1. The van der Waals surface area contributed by atoms with E-state index in [0.29, 0.717) is 31.5 Å². The van der Waals surface area contributed by atoms with Crippen molar-refractivity contribution in [3.8, 4) is 0 Å². The van der Waals surface area contributed by atoms with E-state index in [1.165, 1.54) is 0 Å². The Kier molecular flexibility index (Phi) is 6.30. The number of ether oxygens (including phenoxy) is 1. The van der Waals surface area contributed by atoms with E-state index < -0.39 is 27.4 Å². The number of hydrogen-bond acceptors (Lipinski definition) is 6. The van der Waals surface area contributed by atoms with Gasteiger partial charge in [0, 0.05) is 23.6 Å². The molecule has 0 saturated carbocycles. The quantitative estimate of drug-likeness (QED) is 0.428. The van der Waals surface area contributed by atoms with Gasteiger partial charge in [-0.15, -0.1) is 11.8 Å². The fourth-order valence-corrected chi connectivity index (χ4v) is 8.77. The van der Waals surface area contributed by atoms with Gasteiger partial charge in [0.05, 0.1) is 23.2 Å². The lowest BCUT2D eigenvalue weighted by molar-refractivity contribution is -0.155. The minimum atomic E-state index is -0.684. The van der Waals surface area contributed by atoms with E-state index in [9.17, 15) is 19.5 Å². The molecule has 8 heteroatoms. The minimum absolute atomic E-state index is 0.0306. The van der Waals surface area contributed by atoms with Crippen molar-refractivity contribution in [1.82, 2.24) is 4.90 Å². The number of thioether (sulfide) groups is 1. The number of nitrogens with zero attached hydrogens (tertiary/aromatic N) is 1. The number of benzene rings is 2. The second-order valence-electron chi connectivity index (χ2n) is 9.99. The van der Waals surface area contributed by atoms with Crippen LogP contribution in [0.15, 0.2) is 42.5 Å². The molecule has 3 aliphatic rings. The molecule has 186 valence electrons. The lowest BCUT2D eigenvalue weighted by Gasteiger charge is -2.34. The maximum absolute atomic E-state index is 13.9. The Morgan fingerprint density at radius 3 is 2.69 bits per heavy atom. The van der Waals surface area contributed by atoms with Gasteiger partial charge < -0.3 is 20.1 Å². The maximum atomic E-state index is 13.9. The molecule has 3 heterocycles. The fourth-order valence-electron chi connectivity index (χ4n) is 6.43. The number of carbonyl (C=O) groups is 3. The van der Waals surface area contributed by atoms with E-state index in [0.717, 1.165) is 17.2 Å². The lowest BCUT2D eigenvalue weighted by atomic mass is 9.66. The fraction of sp³-hybridized carbons (Fsp3) is 0.519. The van der Waals surface area contributed by atoms with Crippen molar-refractivity contribution in [1.29, 1.82) is 0 Å². The van der Waals surface area contributed by atoms with Crippen LogP contribution in [-0.4, -0.2) is 63.1 Å². The summed E-state index contributed by atoms with van der Waals surface area (Å²) in [5, 5.41) is 14.5. The van der Waals surface area contributed by atoms with Gasteiger partial charge in [0.1, 0.15) is 6.04 Å². The van der Waals surface area contributed by atoms with Crippen LogP contribution in [-0.2, 0) is 19.1 Å². The lowest BCUT2D eigenvalue weighted by Crippen LogP contribution is -2.51. The Balaban J connectivity index is 1.49. The molecule has 35 heavy (non-hydrogen) atoms. The highest BCUT2D eigenvalue weighted by Gasteiger charge is 2.77. The summed E-state index contributed by atoms with van der Waals surface area (Å²) in [5.74, 6) is -1.84. The predicted molar refractivity (Wildman–Crippen MR) is 136 cm³/mol. The Morgan fingerprint density at radius 2 is 1.94 bits per heavy atom. The van der Waals surface area contributed by atoms with E-state index in [4.69, 9.17) is 4.74 Å². The Morgan fingerprint density at radius 1 is 1.17 bits per heavy atom. The molecule has 0 aromatic heterocycles. The van der Waals surface area contributed by atoms with Gasteiger partial charge in [0.25, 0.3) is 0 Å². The van der Waals surface area contributed by atoms with Crippen LogP contribution in [0, 0.1) is 11.8 Å². The molecule has 5 rings (SSSR count). The summed E-state index contributed by atoms with van der Waals surface area (Å²) >= 11 is 1.64. The first kappa shape index (κ1) is 24.1. The van der Waals surface area contributed by atoms with Gasteiger partial charge in [-0.25, -0.2) is 0 Å². The maximum Gasteiger partial charge on any atom is 0.311 e. The van der Waals surface area contributed by atoms with Crippen molar-refractivity contribution >= 4 is 46.0 Å². The number of likely N-dealkylation sites (tertiary alicyclic amines) is 1. The highest BCUT2D eigenvalue weighted by atomic mass is 32.2. The van der Waals surface area contributed by atoms with Crippen LogP contribution in [0.2, 0.25) is 0 Å². The third-order valence-corrected chi connectivity index (χ3v) is 9.88. The Labute approximate surface area is 209 Å². The van der Waals surface area contributed by atoms with Crippen molar-refractivity contribution in [2.75, 3.05) is 25.1 Å². The van der Waals surface area contributed by atoms with Crippen LogP contribution in [0.25, 0.3) is 10.8 Å². The molecule has 2 amide bonds. The molecule has 1 spiro atoms. The SMILES string of the molecule is CCOC(=O)[C@H]1[C@H]2C(=O)N(CCCCO)C(C(=O)Nc3ccc4ccccc4c3)C23CC[C@]1(C)S3. The number of amides is 2. The number of aliphatic hydroxyl groups is 1. The van der Waals surface area contributed by atoms with Gasteiger partial charge in [-0.05, 0) is 62.4 Å². The van der Waals surface area contributed by atoms with Crippen LogP contribution < -0.4 is 5.32 Å². The number of fused-ring (bicyclic) bond motifs is 2. The minimum Gasteiger partial charge on any atom is -0.466 e. The number of nitrogens with one attached hydrogen (secondary N) is 1. The van der Waals surface area contributed by atoms with Crippen LogP contribution in [0.1, 0.15) is 39.5 Å². The number of rotatable bonds is 8. The summed E-state index contributed by atoms with van der Waals surface area (Å²) in [6.45, 7) is 4.47. The predicted octanol–water partition coefficient (Wildman–Crippen LogP) is 3.60. The number of carbonyl (C=O) groups excluding carboxylic acids is 3. The van der Waals surface area contributed by atoms with Crippen molar-refractivity contribution < 1.29 is 24.2 Å². The molecule has 3 saturated heterocycles. The van der Waals surface area contributed by atoms with Crippen molar-refractivity contribution in [3.05, 3.63) is 42.5 Å². The van der Waals surface area contributed by atoms with Gasteiger partial charge in [-0.1, -0.05) is 30.3 Å². The smallest absolute Gasteiger partial charge is 0.311 e. The summed E-state index contributed by atoms with van der Waals surface area (Å²) in [6.07, 6.45) is 2.60. The van der Waals surface area contributed by atoms with E-state index in [1.54, 1.807) is 23.6 Å². The molecule has 2 unspecified atom stereocenters. The molecule has 5 atom stereocenters. The molecule has 0 aliphatic carbocycles. The summed E-state index contributed by atoms with van der Waals surface area (Å²) in [7, 11) is 0. The molecule has 7 nitrogen and oxygen atoms in total. The van der Waals surface area contributed by atoms with Gasteiger partial charge in [-0.2, -0.15) is 0 Å². The molecular formula is C27H32N2O5S. The van der Waals surface area contributed by atoms with Crippen LogP contribution in [0.3, 0.4) is 0 Å². The zero-order chi connectivity index (χ0) is 24.8. The highest BCUT2D eigenvalue weighted by Crippen LogP contribution is 2.71. The monoisotopic (exact) mass is 496 g/mol. The first-order valence-electron chi connectivity index (χ1n) is 12.4. The number of aliphatic hydroxyl groups excluding tert-OH is 1. The molecule has 2 bridgehead atoms. The number of anilines is 1. The van der Waals surface area contributed by atoms with E-state index in [1.807, 2.05) is 49.4 Å². The van der Waals surface area contributed by atoms with Crippen molar-refractivity contribution in [2.24, 2.45) is 11.8 Å². The molecule has 2 aromatic carbocycles. The molecule has 0 radical (unpaired) electrons. The van der Waals surface area contributed by atoms with E-state index in [2.05, 4.69) is 5.32 Å². The summed E-state index contributed by atoms with van der Waals surface area (Å²) in [4.78, 5) is 42.4. The standard InChI is InChI=1S/C27H32N2O5S/c1-3-34-25(33)21-20-24(32)29(14-6-7-15-30)22(27(20)13-12-26(21,2)35-27)23(31)28-19-11-10-17-8-4-5-9-18(17)16-19/h4-5,8-11,16,20-22,30H,3,6-7,12-15H2,1-2H3,(H,28,31)/t20-,21+,22?,26-,27?/m0/s1. The molecular weight excluding hydrogens is 464 g/mol. The molecule has 2 aromatic rings. The van der Waals surface area contributed by atoms with Crippen LogP contribution >= 0.6 is 11.8 Å². The second kappa shape index (κ2) is 9.13. The normalized spacial score (nSPS) is 31.1. The first-order chi connectivity index (χ1) is 16.8. The zero-order valence-electron chi connectivity index (χ0n) is 20.2. The van der Waals surface area contributed by atoms with Crippen LogP contribution in [0.5, 0.6) is 0 Å². The van der Waals surface area contributed by atoms with E-state index >= 15 is 0 Å². The largest absolute Gasteiger partial charge is 0.466 e. The van der Waals surface area contributed by atoms with Crippen molar-refractivity contribution in [2.45, 2.75) is 55.1 Å². The van der Waals surface area contributed by atoms with Gasteiger partial charge in [0.15, 0.2) is 0 Å². The summed E-state index contributed by atoms with van der Waals surface area (Å²) in [6, 6.07) is 13.1. The van der Waals surface area contributed by atoms with Gasteiger partial charge in [0.2, 0.25) is 11.8 Å². The third kappa shape index (κ3) is 3.82. The van der Waals surface area contributed by atoms with Gasteiger partial charge in [-0.3, -0.25) is 14.4 Å². The molecule has 3 aliphatic heterocycles. The summed E-state index contributed by atoms with van der Waals surface area (Å²) < 4.78 is 4.32. The number of esters is 1. The van der Waals surface area contributed by atoms with Crippen molar-refractivity contribution in [3.63, 3.8) is 0 Å². The molecule has 3 fully saturated rings. The highest BCUT2D eigenvalue weighted by molar-refractivity contribution is 8.02. The Bertz CT molecular complexity index is 1170. The average Bonchev–Trinajstić information content (AvgIpc) is 3.40. The third-order valence-electron chi connectivity index (χ3n) is 7.89. The molecule has 2 N–H and O–H groups in total. The van der Waals surface area contributed by atoms with E-state index in [-0.39, 0.29) is 31.0 Å². The second-order valence-corrected chi connectivity index (χ2v) is 11.9. The van der Waals surface area contributed by atoms with Crippen LogP contribution in [0.4, 0.5) is 5.69 Å². The topological polar surface area (TPSA) is 95.9 Å². The Hall–Kier alpha value is -2.58. The summed E-state index contributed by atoms with van der Waals surface area (Å²) in [5.41, 5.74) is 0.682. The average molecular weight is 497 g/mol.